The summed E-state index contributed by atoms with van der Waals surface area (Å²) in [6.07, 6.45) is -3.11. The molecule has 0 heterocycles. The van der Waals surface area contributed by atoms with Crippen LogP contribution in [0.3, 0.4) is 0 Å². The summed E-state index contributed by atoms with van der Waals surface area (Å²) in [5, 5.41) is 15.6. The van der Waals surface area contributed by atoms with E-state index in [1.165, 1.54) is 42.5 Å². The van der Waals surface area contributed by atoms with Gasteiger partial charge in [-0.2, -0.15) is 13.2 Å². The lowest BCUT2D eigenvalue weighted by Gasteiger charge is -2.12. The van der Waals surface area contributed by atoms with Crippen molar-refractivity contribution in [3.8, 4) is 17.2 Å². The molecule has 0 bridgehead atoms. The van der Waals surface area contributed by atoms with Gasteiger partial charge >= 0.3 is 17.9 Å². The molecule has 0 unspecified atom stereocenters. The Hall–Kier alpha value is -4.35. The van der Waals surface area contributed by atoms with Crippen molar-refractivity contribution < 1.29 is 36.8 Å². The average Bonchev–Trinajstić information content (AvgIpc) is 2.81. The van der Waals surface area contributed by atoms with E-state index in [4.69, 9.17) is 9.47 Å². The van der Waals surface area contributed by atoms with E-state index in [1.54, 1.807) is 0 Å². The number of hydrogen-bond acceptors (Lipinski definition) is 5. The van der Waals surface area contributed by atoms with Gasteiger partial charge in [0.05, 0.1) is 22.8 Å². The fourth-order valence-corrected chi connectivity index (χ4v) is 2.98. The minimum Gasteiger partial charge on any atom is -0.487 e. The van der Waals surface area contributed by atoms with E-state index in [0.717, 1.165) is 12.8 Å². The Balaban J connectivity index is 1.65. The molecule has 0 radical (unpaired) electrons. The molecule has 3 aromatic rings. The van der Waals surface area contributed by atoms with Gasteiger partial charge < -0.3 is 20.1 Å². The highest BCUT2D eigenvalue weighted by Crippen LogP contribution is 2.34. The Labute approximate surface area is 203 Å². The molecule has 190 valence electrons. The number of urea groups is 1. The third-order valence-corrected chi connectivity index (χ3v) is 4.77. The van der Waals surface area contributed by atoms with Gasteiger partial charge in [-0.15, -0.1) is 0 Å². The molecule has 0 aliphatic carbocycles. The van der Waals surface area contributed by atoms with Crippen LogP contribution in [-0.2, 0) is 6.18 Å². The Morgan fingerprint density at radius 3 is 2.33 bits per heavy atom. The molecule has 2 N–H and O–H groups in total. The predicted molar refractivity (Wildman–Crippen MR) is 124 cm³/mol. The number of halogens is 4. The predicted octanol–water partition coefficient (Wildman–Crippen LogP) is 7.37. The third-order valence-electron chi connectivity index (χ3n) is 4.77. The van der Waals surface area contributed by atoms with Crippen LogP contribution in [0, 0.1) is 15.9 Å². The first-order valence-corrected chi connectivity index (χ1v) is 10.7. The summed E-state index contributed by atoms with van der Waals surface area (Å²) in [5.74, 6) is -0.338. The zero-order valence-corrected chi connectivity index (χ0v) is 18.9. The SMILES string of the molecule is CCCCOc1cc(Oc2ccc(NC(=O)Nc3cc(C(F)(F)F)ccc3F)cc2)ccc1[N+](=O)[O-]. The Kier molecular flexibility index (Phi) is 8.30. The second kappa shape index (κ2) is 11.4. The highest BCUT2D eigenvalue weighted by atomic mass is 19.4. The van der Waals surface area contributed by atoms with Gasteiger partial charge in [-0.25, -0.2) is 9.18 Å². The fourth-order valence-electron chi connectivity index (χ4n) is 2.98. The van der Waals surface area contributed by atoms with Crippen LogP contribution in [0.15, 0.2) is 60.7 Å². The number of ether oxygens (including phenoxy) is 2. The van der Waals surface area contributed by atoms with Crippen molar-refractivity contribution in [2.24, 2.45) is 0 Å². The number of alkyl halides is 3. The van der Waals surface area contributed by atoms with Gasteiger partial charge in [0.25, 0.3) is 0 Å². The zero-order chi connectivity index (χ0) is 26.3. The number of unbranched alkanes of at least 4 members (excludes halogenated alkanes) is 1. The van der Waals surface area contributed by atoms with Crippen LogP contribution in [0.1, 0.15) is 25.3 Å². The van der Waals surface area contributed by atoms with Gasteiger partial charge in [0.1, 0.15) is 17.3 Å². The molecule has 0 aliphatic rings. The van der Waals surface area contributed by atoms with Gasteiger partial charge in [0, 0.05) is 17.8 Å². The van der Waals surface area contributed by atoms with Crippen LogP contribution >= 0.6 is 0 Å². The number of carbonyl (C=O) groups is 1. The summed E-state index contributed by atoms with van der Waals surface area (Å²) < 4.78 is 63.5. The molecule has 0 aromatic heterocycles. The molecule has 36 heavy (non-hydrogen) atoms. The normalized spacial score (nSPS) is 11.0. The number of rotatable bonds is 9. The second-order valence-corrected chi connectivity index (χ2v) is 7.49. The molecule has 0 saturated heterocycles. The monoisotopic (exact) mass is 507 g/mol. The van der Waals surface area contributed by atoms with Crippen LogP contribution < -0.4 is 20.1 Å². The van der Waals surface area contributed by atoms with E-state index in [2.05, 4.69) is 5.32 Å². The second-order valence-electron chi connectivity index (χ2n) is 7.49. The highest BCUT2D eigenvalue weighted by Gasteiger charge is 2.31. The van der Waals surface area contributed by atoms with Crippen molar-refractivity contribution in [3.63, 3.8) is 0 Å². The van der Waals surface area contributed by atoms with E-state index < -0.39 is 34.2 Å². The summed E-state index contributed by atoms with van der Waals surface area (Å²) in [6.45, 7) is 2.27. The number of benzene rings is 3. The number of carbonyl (C=O) groups excluding carboxylic acids is 1. The van der Waals surface area contributed by atoms with Crippen molar-refractivity contribution in [3.05, 3.63) is 82.2 Å². The topological polar surface area (TPSA) is 103 Å². The number of nitro benzene ring substituents is 1. The quantitative estimate of drug-likeness (QED) is 0.136. The average molecular weight is 507 g/mol. The third kappa shape index (κ3) is 7.08. The van der Waals surface area contributed by atoms with Gasteiger partial charge in [-0.1, -0.05) is 13.3 Å². The molecule has 8 nitrogen and oxygen atoms in total. The molecule has 0 fully saturated rings. The maximum atomic E-state index is 13.8. The molecule has 3 aromatic carbocycles. The van der Waals surface area contributed by atoms with E-state index in [-0.39, 0.29) is 22.9 Å². The summed E-state index contributed by atoms with van der Waals surface area (Å²) in [6, 6.07) is 10.7. The van der Waals surface area contributed by atoms with Gasteiger partial charge in [0.2, 0.25) is 5.75 Å². The molecule has 0 aliphatic heterocycles. The Morgan fingerprint density at radius 1 is 1.00 bits per heavy atom. The maximum absolute atomic E-state index is 13.8. The molecular formula is C24H21F4N3O5. The number of anilines is 2. The lowest BCUT2D eigenvalue weighted by atomic mass is 10.2. The van der Waals surface area contributed by atoms with Crippen molar-refractivity contribution in [2.75, 3.05) is 17.2 Å². The number of nitro groups is 1. The van der Waals surface area contributed by atoms with Crippen LogP contribution in [0.5, 0.6) is 17.2 Å². The van der Waals surface area contributed by atoms with Crippen molar-refractivity contribution in [2.45, 2.75) is 25.9 Å². The largest absolute Gasteiger partial charge is 0.487 e. The van der Waals surface area contributed by atoms with Gasteiger partial charge in [0.15, 0.2) is 0 Å². The van der Waals surface area contributed by atoms with Crippen molar-refractivity contribution in [1.29, 1.82) is 0 Å². The lowest BCUT2D eigenvalue weighted by Crippen LogP contribution is -2.20. The summed E-state index contributed by atoms with van der Waals surface area (Å²) in [5.41, 5.74) is -1.68. The zero-order valence-electron chi connectivity index (χ0n) is 18.9. The molecule has 2 amide bonds. The van der Waals surface area contributed by atoms with Crippen LogP contribution in [0.4, 0.5) is 39.4 Å². The summed E-state index contributed by atoms with van der Waals surface area (Å²) in [7, 11) is 0. The number of hydrogen-bond donors (Lipinski definition) is 2. The smallest absolute Gasteiger partial charge is 0.416 e. The summed E-state index contributed by atoms with van der Waals surface area (Å²) in [4.78, 5) is 22.8. The van der Waals surface area contributed by atoms with Crippen LogP contribution in [0.2, 0.25) is 0 Å². The molecule has 3 rings (SSSR count). The van der Waals surface area contributed by atoms with E-state index in [1.807, 2.05) is 12.2 Å². The fraction of sp³-hybridized carbons (Fsp3) is 0.208. The molecule has 12 heteroatoms. The van der Waals surface area contributed by atoms with Crippen LogP contribution in [-0.4, -0.2) is 17.6 Å². The minimum absolute atomic E-state index is 0.0720. The maximum Gasteiger partial charge on any atom is 0.416 e. The molecule has 0 saturated carbocycles. The van der Waals surface area contributed by atoms with E-state index >= 15 is 0 Å². The molecule has 0 spiro atoms. The van der Waals surface area contributed by atoms with Crippen molar-refractivity contribution >= 4 is 23.1 Å². The molecular weight excluding hydrogens is 486 g/mol. The van der Waals surface area contributed by atoms with Crippen LogP contribution in [0.25, 0.3) is 0 Å². The van der Waals surface area contributed by atoms with Gasteiger partial charge in [-0.05, 0) is 55.0 Å². The first-order valence-electron chi connectivity index (χ1n) is 10.7. The first-order chi connectivity index (χ1) is 17.1. The van der Waals surface area contributed by atoms with E-state index in [9.17, 15) is 32.5 Å². The minimum atomic E-state index is -4.69. The number of nitrogens with one attached hydrogen (secondary N) is 2. The Bertz CT molecular complexity index is 1230. The standard InChI is InChI=1S/C24H21F4N3O5/c1-2-3-12-35-22-14-18(9-11-21(22)31(33)34)36-17-7-5-16(6-8-17)29-23(32)30-20-13-15(24(26,27)28)4-10-19(20)25/h4-11,13-14H,2-3,12H2,1H3,(H2,29,30,32). The molecule has 0 atom stereocenters. The Morgan fingerprint density at radius 2 is 1.69 bits per heavy atom. The summed E-state index contributed by atoms with van der Waals surface area (Å²) >= 11 is 0. The lowest BCUT2D eigenvalue weighted by molar-refractivity contribution is -0.385. The number of nitrogens with zero attached hydrogens (tertiary/aromatic N) is 1. The number of amides is 2. The van der Waals surface area contributed by atoms with E-state index in [0.29, 0.717) is 30.6 Å². The van der Waals surface area contributed by atoms with Gasteiger partial charge in [-0.3, -0.25) is 10.1 Å². The van der Waals surface area contributed by atoms with Crippen molar-refractivity contribution in [1.82, 2.24) is 0 Å². The first kappa shape index (κ1) is 26.3. The highest BCUT2D eigenvalue weighted by molar-refractivity contribution is 5.99.